The molecule has 2 aromatic carbocycles. The Kier molecular flexibility index (Phi) is 6.62. The highest BCUT2D eigenvalue weighted by molar-refractivity contribution is 5.95. The average Bonchev–Trinajstić information content (AvgIpc) is 3.08. The first kappa shape index (κ1) is 22.3. The molecule has 1 N–H and O–H groups in total. The van der Waals surface area contributed by atoms with Gasteiger partial charge in [0.15, 0.2) is 0 Å². The standard InChI is InChI=1S/C22H23F3N4O2/c1-3-12-28(13-19(30)26-16-9-5-4-8-15(16)2)20(31)14-29-18-11-7-6-10-17(18)27-21(29)22(23,24)25/h4-11H,3,12-14H2,1-2H3,(H,26,30). The number of alkyl halides is 3. The first-order valence-electron chi connectivity index (χ1n) is 9.86. The lowest BCUT2D eigenvalue weighted by Gasteiger charge is -2.23. The van der Waals surface area contributed by atoms with Crippen LogP contribution >= 0.6 is 0 Å². The maximum atomic E-state index is 13.5. The third-order valence-electron chi connectivity index (χ3n) is 4.80. The second-order valence-electron chi connectivity index (χ2n) is 7.19. The van der Waals surface area contributed by atoms with Crippen molar-refractivity contribution in [3.63, 3.8) is 0 Å². The van der Waals surface area contributed by atoms with E-state index in [2.05, 4.69) is 10.3 Å². The van der Waals surface area contributed by atoms with Gasteiger partial charge in [0.2, 0.25) is 17.6 Å². The summed E-state index contributed by atoms with van der Waals surface area (Å²) in [7, 11) is 0. The monoisotopic (exact) mass is 432 g/mol. The molecule has 0 aliphatic carbocycles. The molecular formula is C22H23F3N4O2. The van der Waals surface area contributed by atoms with Crippen LogP contribution in [0.2, 0.25) is 0 Å². The molecule has 31 heavy (non-hydrogen) atoms. The van der Waals surface area contributed by atoms with Crippen molar-refractivity contribution in [2.24, 2.45) is 0 Å². The van der Waals surface area contributed by atoms with E-state index in [1.54, 1.807) is 24.3 Å². The summed E-state index contributed by atoms with van der Waals surface area (Å²) in [6, 6.07) is 13.3. The highest BCUT2D eigenvalue weighted by Gasteiger charge is 2.38. The molecule has 0 radical (unpaired) electrons. The number of halogens is 3. The summed E-state index contributed by atoms with van der Waals surface area (Å²) < 4.78 is 41.4. The molecule has 0 aliphatic heterocycles. The molecule has 0 saturated heterocycles. The molecular weight excluding hydrogens is 409 g/mol. The van der Waals surface area contributed by atoms with Gasteiger partial charge in [-0.1, -0.05) is 37.3 Å². The van der Waals surface area contributed by atoms with Gasteiger partial charge in [-0.2, -0.15) is 13.2 Å². The van der Waals surface area contributed by atoms with Gasteiger partial charge in [-0.3, -0.25) is 9.59 Å². The number of rotatable bonds is 7. The molecule has 2 amide bonds. The average molecular weight is 432 g/mol. The van der Waals surface area contributed by atoms with Crippen LogP contribution in [-0.4, -0.2) is 39.4 Å². The number of hydrogen-bond acceptors (Lipinski definition) is 3. The van der Waals surface area contributed by atoms with Crippen molar-refractivity contribution in [2.75, 3.05) is 18.4 Å². The van der Waals surface area contributed by atoms with Crippen LogP contribution in [-0.2, 0) is 22.3 Å². The summed E-state index contributed by atoms with van der Waals surface area (Å²) >= 11 is 0. The first-order chi connectivity index (χ1) is 14.7. The molecule has 9 heteroatoms. The second-order valence-corrected chi connectivity index (χ2v) is 7.19. The number of carbonyl (C=O) groups is 2. The van der Waals surface area contributed by atoms with E-state index in [9.17, 15) is 22.8 Å². The van der Waals surface area contributed by atoms with Gasteiger partial charge in [0.1, 0.15) is 6.54 Å². The quantitative estimate of drug-likeness (QED) is 0.607. The number of benzene rings is 2. The van der Waals surface area contributed by atoms with Gasteiger partial charge in [0.25, 0.3) is 0 Å². The summed E-state index contributed by atoms with van der Waals surface area (Å²) in [4.78, 5) is 30.3. The minimum Gasteiger partial charge on any atom is -0.332 e. The molecule has 3 rings (SSSR count). The van der Waals surface area contributed by atoms with Crippen molar-refractivity contribution in [3.05, 3.63) is 59.9 Å². The van der Waals surface area contributed by atoms with Gasteiger partial charge >= 0.3 is 6.18 Å². The van der Waals surface area contributed by atoms with E-state index in [1.807, 2.05) is 26.0 Å². The van der Waals surface area contributed by atoms with Gasteiger partial charge in [-0.05, 0) is 37.1 Å². The fourth-order valence-corrected chi connectivity index (χ4v) is 3.33. The van der Waals surface area contributed by atoms with Crippen LogP contribution in [0.3, 0.4) is 0 Å². The molecule has 0 fully saturated rings. The minimum atomic E-state index is -4.71. The highest BCUT2D eigenvalue weighted by Crippen LogP contribution is 2.31. The number of para-hydroxylation sites is 3. The van der Waals surface area contributed by atoms with Crippen LogP contribution in [0.5, 0.6) is 0 Å². The third-order valence-corrected chi connectivity index (χ3v) is 4.80. The highest BCUT2D eigenvalue weighted by atomic mass is 19.4. The van der Waals surface area contributed by atoms with Crippen molar-refractivity contribution in [3.8, 4) is 0 Å². The van der Waals surface area contributed by atoms with Gasteiger partial charge in [-0.15, -0.1) is 0 Å². The molecule has 1 heterocycles. The molecule has 0 atom stereocenters. The topological polar surface area (TPSA) is 67.2 Å². The number of aromatic nitrogens is 2. The number of hydrogen-bond donors (Lipinski definition) is 1. The smallest absolute Gasteiger partial charge is 0.332 e. The summed E-state index contributed by atoms with van der Waals surface area (Å²) in [6.07, 6.45) is -4.16. The number of anilines is 1. The molecule has 0 saturated carbocycles. The predicted molar refractivity (Wildman–Crippen MR) is 111 cm³/mol. The van der Waals surface area contributed by atoms with Crippen LogP contribution in [0.1, 0.15) is 24.7 Å². The Morgan fingerprint density at radius 3 is 2.45 bits per heavy atom. The zero-order valence-electron chi connectivity index (χ0n) is 17.2. The fraction of sp³-hybridized carbons (Fsp3) is 0.318. The Labute approximate surface area is 177 Å². The van der Waals surface area contributed by atoms with Crippen molar-refractivity contribution in [1.82, 2.24) is 14.5 Å². The lowest BCUT2D eigenvalue weighted by molar-refractivity contribution is -0.148. The molecule has 0 spiro atoms. The number of carbonyl (C=O) groups excluding carboxylic acids is 2. The number of imidazole rings is 1. The Bertz CT molecular complexity index is 1090. The van der Waals surface area contributed by atoms with Crippen LogP contribution in [0.15, 0.2) is 48.5 Å². The van der Waals surface area contributed by atoms with E-state index in [-0.39, 0.29) is 24.1 Å². The lowest BCUT2D eigenvalue weighted by Crippen LogP contribution is -2.40. The Balaban J connectivity index is 1.81. The van der Waals surface area contributed by atoms with Crippen LogP contribution in [0.4, 0.5) is 18.9 Å². The Morgan fingerprint density at radius 1 is 1.10 bits per heavy atom. The van der Waals surface area contributed by atoms with E-state index in [0.29, 0.717) is 12.1 Å². The summed E-state index contributed by atoms with van der Waals surface area (Å²) in [5.41, 5.74) is 1.85. The summed E-state index contributed by atoms with van der Waals surface area (Å²) in [5.74, 6) is -2.14. The molecule has 6 nitrogen and oxygen atoms in total. The van der Waals surface area contributed by atoms with Crippen LogP contribution < -0.4 is 5.32 Å². The van der Waals surface area contributed by atoms with Crippen LogP contribution in [0.25, 0.3) is 11.0 Å². The van der Waals surface area contributed by atoms with E-state index < -0.39 is 30.4 Å². The number of nitrogens with one attached hydrogen (secondary N) is 1. The van der Waals surface area contributed by atoms with Gasteiger partial charge < -0.3 is 14.8 Å². The van der Waals surface area contributed by atoms with E-state index in [1.165, 1.54) is 17.0 Å². The van der Waals surface area contributed by atoms with Gasteiger partial charge in [-0.25, -0.2) is 4.98 Å². The maximum absolute atomic E-state index is 13.5. The molecule has 0 unspecified atom stereocenters. The van der Waals surface area contributed by atoms with Crippen molar-refractivity contribution in [1.29, 1.82) is 0 Å². The minimum absolute atomic E-state index is 0.155. The van der Waals surface area contributed by atoms with E-state index in [4.69, 9.17) is 0 Å². The zero-order valence-corrected chi connectivity index (χ0v) is 17.2. The number of aryl methyl sites for hydroxylation is 1. The fourth-order valence-electron chi connectivity index (χ4n) is 3.33. The van der Waals surface area contributed by atoms with Gasteiger partial charge in [0, 0.05) is 12.2 Å². The largest absolute Gasteiger partial charge is 0.449 e. The number of nitrogens with zero attached hydrogens (tertiary/aromatic N) is 3. The maximum Gasteiger partial charge on any atom is 0.449 e. The molecule has 0 aliphatic rings. The van der Waals surface area contributed by atoms with E-state index in [0.717, 1.165) is 10.1 Å². The molecule has 1 aromatic heterocycles. The second kappa shape index (κ2) is 9.20. The molecule has 3 aromatic rings. The normalized spacial score (nSPS) is 11.5. The molecule has 0 bridgehead atoms. The summed E-state index contributed by atoms with van der Waals surface area (Å²) in [6.45, 7) is 3.09. The summed E-state index contributed by atoms with van der Waals surface area (Å²) in [5, 5.41) is 2.75. The predicted octanol–water partition coefficient (Wildman–Crippen LogP) is 4.24. The van der Waals surface area contributed by atoms with E-state index >= 15 is 0 Å². The number of amides is 2. The Hall–Kier alpha value is -3.36. The lowest BCUT2D eigenvalue weighted by atomic mass is 10.2. The SMILES string of the molecule is CCCN(CC(=O)Nc1ccccc1C)C(=O)Cn1c(C(F)(F)F)nc2ccccc21. The van der Waals surface area contributed by atoms with Crippen LogP contribution in [0, 0.1) is 6.92 Å². The van der Waals surface area contributed by atoms with Crippen molar-refractivity contribution < 1.29 is 22.8 Å². The first-order valence-corrected chi connectivity index (χ1v) is 9.86. The van der Waals surface area contributed by atoms with Crippen molar-refractivity contribution in [2.45, 2.75) is 33.0 Å². The molecule has 164 valence electrons. The van der Waals surface area contributed by atoms with Gasteiger partial charge in [0.05, 0.1) is 17.6 Å². The third kappa shape index (κ3) is 5.22. The number of fused-ring (bicyclic) bond motifs is 1. The van der Waals surface area contributed by atoms with Crippen molar-refractivity contribution >= 4 is 28.5 Å². The zero-order chi connectivity index (χ0) is 22.6. The Morgan fingerprint density at radius 2 is 1.77 bits per heavy atom.